The van der Waals surface area contributed by atoms with Crippen molar-refractivity contribution in [2.75, 3.05) is 26.2 Å². The Balaban J connectivity index is 1.37. The summed E-state index contributed by atoms with van der Waals surface area (Å²) in [5.74, 6) is 0.978. The van der Waals surface area contributed by atoms with Crippen molar-refractivity contribution in [3.8, 4) is 5.75 Å². The van der Waals surface area contributed by atoms with E-state index >= 15 is 0 Å². The van der Waals surface area contributed by atoms with Gasteiger partial charge in [0.25, 0.3) is 0 Å². The minimum atomic E-state index is -0.199. The predicted octanol–water partition coefficient (Wildman–Crippen LogP) is 5.75. The number of benzene rings is 2. The highest BCUT2D eigenvalue weighted by atomic mass is 35.5. The summed E-state index contributed by atoms with van der Waals surface area (Å²) < 4.78 is 6.23. The molecule has 3 nitrogen and oxygen atoms in total. The van der Waals surface area contributed by atoms with Crippen molar-refractivity contribution in [3.63, 3.8) is 0 Å². The summed E-state index contributed by atoms with van der Waals surface area (Å²) in [5, 5.41) is -0.199. The van der Waals surface area contributed by atoms with Crippen molar-refractivity contribution < 1.29 is 9.53 Å². The second-order valence-corrected chi connectivity index (χ2v) is 10.2. The molecule has 0 saturated carbocycles. The molecule has 2 aromatic rings. The lowest BCUT2D eigenvalue weighted by Crippen LogP contribution is -2.49. The molecule has 0 aromatic heterocycles. The minimum Gasteiger partial charge on any atom is -0.493 e. The van der Waals surface area contributed by atoms with E-state index in [0.717, 1.165) is 44.6 Å². The van der Waals surface area contributed by atoms with E-state index in [9.17, 15) is 4.79 Å². The van der Waals surface area contributed by atoms with Gasteiger partial charge in [-0.3, -0.25) is 9.69 Å². The van der Waals surface area contributed by atoms with Crippen LogP contribution in [0.5, 0.6) is 5.75 Å². The summed E-state index contributed by atoms with van der Waals surface area (Å²) in [6.07, 6.45) is 3.10. The first kappa shape index (κ1) is 22.1. The highest BCUT2D eigenvalue weighted by molar-refractivity contribution is 6.64. The van der Waals surface area contributed by atoms with Crippen LogP contribution in [0.1, 0.15) is 43.9 Å². The molecule has 2 aliphatic rings. The Morgan fingerprint density at radius 1 is 1.13 bits per heavy atom. The zero-order valence-electron chi connectivity index (χ0n) is 18.8. The fourth-order valence-corrected chi connectivity index (χ4v) is 4.82. The van der Waals surface area contributed by atoms with E-state index in [2.05, 4.69) is 74.2 Å². The van der Waals surface area contributed by atoms with E-state index in [1.807, 2.05) is 0 Å². The van der Waals surface area contributed by atoms with Crippen molar-refractivity contribution in [1.82, 2.24) is 4.90 Å². The van der Waals surface area contributed by atoms with Crippen LogP contribution in [-0.2, 0) is 17.6 Å². The number of halogens is 1. The Hall–Kier alpha value is -2.10. The molecule has 2 aromatic carbocycles. The van der Waals surface area contributed by atoms with E-state index in [1.54, 1.807) is 0 Å². The summed E-state index contributed by atoms with van der Waals surface area (Å²) >= 11 is 5.60. The van der Waals surface area contributed by atoms with Crippen LogP contribution in [0, 0.1) is 11.3 Å². The van der Waals surface area contributed by atoms with Gasteiger partial charge in [0.05, 0.1) is 12.5 Å². The van der Waals surface area contributed by atoms with Crippen LogP contribution in [-0.4, -0.2) is 36.4 Å². The molecule has 1 heterocycles. The number of hydrogen-bond acceptors (Lipinski definition) is 3. The van der Waals surface area contributed by atoms with Gasteiger partial charge in [-0.05, 0) is 72.2 Å². The lowest BCUT2D eigenvalue weighted by molar-refractivity contribution is -0.119. The van der Waals surface area contributed by atoms with Gasteiger partial charge < -0.3 is 4.74 Å². The summed E-state index contributed by atoms with van der Waals surface area (Å²) in [7, 11) is 0. The largest absolute Gasteiger partial charge is 0.493 e. The van der Waals surface area contributed by atoms with Crippen LogP contribution in [0.25, 0.3) is 5.57 Å². The fraction of sp³-hybridized carbons (Fsp3) is 0.444. The molecular weight excluding hydrogens is 406 g/mol. The van der Waals surface area contributed by atoms with E-state index in [4.69, 9.17) is 16.3 Å². The topological polar surface area (TPSA) is 29.5 Å². The molecular formula is C27H32ClNO2. The van der Waals surface area contributed by atoms with Crippen LogP contribution >= 0.6 is 11.6 Å². The van der Waals surface area contributed by atoms with Gasteiger partial charge >= 0.3 is 0 Å². The monoisotopic (exact) mass is 437 g/mol. The molecule has 164 valence electrons. The third kappa shape index (κ3) is 5.39. The number of ether oxygens (including phenoxy) is 1. The highest BCUT2D eigenvalue weighted by Gasteiger charge is 2.32. The molecule has 31 heavy (non-hydrogen) atoms. The van der Waals surface area contributed by atoms with Crippen LogP contribution in [0.3, 0.4) is 0 Å². The standard InChI is InChI=1S/C27H32ClNO2/c1-19-22(15-29-16-23(17-29)26(28)30)10-9-21-13-24(11-12-25(19)21)31-18-27(2,3)14-20-7-5-4-6-8-20/h4-8,11-13,23H,9-10,14-18H2,1-3H3. The van der Waals surface area contributed by atoms with Crippen LogP contribution in [0.2, 0.25) is 0 Å². The van der Waals surface area contributed by atoms with Gasteiger partial charge in [0, 0.05) is 25.0 Å². The second kappa shape index (κ2) is 9.18. The van der Waals surface area contributed by atoms with Crippen LogP contribution < -0.4 is 4.74 Å². The lowest BCUT2D eigenvalue weighted by atomic mass is 9.85. The number of aryl methyl sites for hydroxylation is 1. The number of fused-ring (bicyclic) bond motifs is 1. The van der Waals surface area contributed by atoms with E-state index in [-0.39, 0.29) is 16.6 Å². The second-order valence-electron chi connectivity index (χ2n) is 9.86. The lowest BCUT2D eigenvalue weighted by Gasteiger charge is -2.38. The maximum atomic E-state index is 11.2. The normalized spacial score (nSPS) is 17.3. The maximum Gasteiger partial charge on any atom is 0.227 e. The van der Waals surface area contributed by atoms with Crippen molar-refractivity contribution in [2.45, 2.75) is 40.0 Å². The number of carbonyl (C=O) groups is 1. The highest BCUT2D eigenvalue weighted by Crippen LogP contribution is 2.35. The number of nitrogens with zero attached hydrogens (tertiary/aromatic N) is 1. The molecule has 1 aliphatic heterocycles. The number of carbonyl (C=O) groups excluding carboxylic acids is 1. The first-order chi connectivity index (χ1) is 14.8. The number of hydrogen-bond donors (Lipinski definition) is 0. The average Bonchev–Trinajstić information content (AvgIpc) is 2.70. The molecule has 0 unspecified atom stereocenters. The summed E-state index contributed by atoms with van der Waals surface area (Å²) in [5.41, 5.74) is 6.97. The molecule has 1 saturated heterocycles. The number of likely N-dealkylation sites (tertiary alicyclic amines) is 1. The zero-order valence-corrected chi connectivity index (χ0v) is 19.5. The Labute approximate surface area is 191 Å². The summed E-state index contributed by atoms with van der Waals surface area (Å²) in [6, 6.07) is 17.2. The Kier molecular flexibility index (Phi) is 6.55. The SMILES string of the molecule is CC1=C(CN2CC(C(=O)Cl)C2)CCc2cc(OCC(C)(C)Cc3ccccc3)ccc21. The van der Waals surface area contributed by atoms with Crippen molar-refractivity contribution >= 4 is 22.4 Å². The summed E-state index contributed by atoms with van der Waals surface area (Å²) in [4.78, 5) is 13.6. The van der Waals surface area contributed by atoms with Crippen molar-refractivity contribution in [3.05, 3.63) is 70.8 Å². The van der Waals surface area contributed by atoms with Crippen LogP contribution in [0.15, 0.2) is 54.1 Å². The minimum absolute atomic E-state index is 0.0179. The molecule has 0 atom stereocenters. The molecule has 4 heteroatoms. The zero-order chi connectivity index (χ0) is 22.0. The quantitative estimate of drug-likeness (QED) is 0.492. The maximum absolute atomic E-state index is 11.2. The number of rotatable bonds is 8. The first-order valence-electron chi connectivity index (χ1n) is 11.2. The predicted molar refractivity (Wildman–Crippen MR) is 128 cm³/mol. The molecule has 1 aliphatic carbocycles. The van der Waals surface area contributed by atoms with Crippen LogP contribution in [0.4, 0.5) is 0 Å². The molecule has 4 rings (SSSR count). The smallest absolute Gasteiger partial charge is 0.227 e. The molecule has 0 N–H and O–H groups in total. The Bertz CT molecular complexity index is 974. The van der Waals surface area contributed by atoms with Gasteiger partial charge in [-0.25, -0.2) is 0 Å². The van der Waals surface area contributed by atoms with Gasteiger partial charge in [0.15, 0.2) is 0 Å². The third-order valence-corrected chi connectivity index (χ3v) is 6.86. The van der Waals surface area contributed by atoms with E-state index in [1.165, 1.54) is 27.8 Å². The molecule has 0 spiro atoms. The number of allylic oxidation sites excluding steroid dienone is 1. The summed E-state index contributed by atoms with van der Waals surface area (Å²) in [6.45, 7) is 9.95. The van der Waals surface area contributed by atoms with Gasteiger partial charge in [-0.2, -0.15) is 0 Å². The molecule has 0 bridgehead atoms. The van der Waals surface area contributed by atoms with Gasteiger partial charge in [0.2, 0.25) is 5.24 Å². The van der Waals surface area contributed by atoms with Gasteiger partial charge in [-0.1, -0.05) is 55.8 Å². The van der Waals surface area contributed by atoms with Gasteiger partial charge in [0.1, 0.15) is 5.75 Å². The molecule has 1 fully saturated rings. The average molecular weight is 438 g/mol. The fourth-order valence-electron chi connectivity index (χ4n) is 4.68. The van der Waals surface area contributed by atoms with Gasteiger partial charge in [-0.15, -0.1) is 0 Å². The van der Waals surface area contributed by atoms with Crippen molar-refractivity contribution in [1.29, 1.82) is 0 Å². The first-order valence-corrected chi connectivity index (χ1v) is 11.6. The molecule has 0 amide bonds. The van der Waals surface area contributed by atoms with E-state index in [0.29, 0.717) is 6.61 Å². The Morgan fingerprint density at radius 2 is 1.87 bits per heavy atom. The Morgan fingerprint density at radius 3 is 2.58 bits per heavy atom. The molecule has 0 radical (unpaired) electrons. The third-order valence-electron chi connectivity index (χ3n) is 6.55. The van der Waals surface area contributed by atoms with E-state index < -0.39 is 0 Å². The van der Waals surface area contributed by atoms with Crippen molar-refractivity contribution in [2.24, 2.45) is 11.3 Å².